The lowest BCUT2D eigenvalue weighted by Crippen LogP contribution is -2.42. The number of carbonyl (C=O) groups is 2. The van der Waals surface area contributed by atoms with Crippen molar-refractivity contribution in [3.05, 3.63) is 28.8 Å². The van der Waals surface area contributed by atoms with Crippen molar-refractivity contribution in [2.75, 3.05) is 11.9 Å². The zero-order valence-electron chi connectivity index (χ0n) is 13.5. The van der Waals surface area contributed by atoms with Crippen molar-refractivity contribution in [3.8, 4) is 0 Å². The van der Waals surface area contributed by atoms with Crippen molar-refractivity contribution in [3.63, 3.8) is 0 Å². The van der Waals surface area contributed by atoms with Gasteiger partial charge in [0.15, 0.2) is 0 Å². The molecule has 0 fully saturated rings. The van der Waals surface area contributed by atoms with E-state index in [0.717, 1.165) is 6.42 Å². The predicted molar refractivity (Wildman–Crippen MR) is 90.1 cm³/mol. The van der Waals surface area contributed by atoms with Gasteiger partial charge in [-0.25, -0.2) is 0 Å². The monoisotopic (exact) mass is 325 g/mol. The van der Waals surface area contributed by atoms with E-state index in [9.17, 15) is 9.59 Å². The molecular formula is C16H24ClN3O2. The molecule has 122 valence electrons. The minimum atomic E-state index is -0.302. The van der Waals surface area contributed by atoms with E-state index in [1.165, 1.54) is 0 Å². The van der Waals surface area contributed by atoms with Gasteiger partial charge in [-0.3, -0.25) is 9.59 Å². The van der Waals surface area contributed by atoms with Crippen LogP contribution < -0.4 is 16.4 Å². The van der Waals surface area contributed by atoms with Gasteiger partial charge in [0.1, 0.15) is 0 Å². The van der Waals surface area contributed by atoms with Gasteiger partial charge in [0, 0.05) is 23.7 Å². The van der Waals surface area contributed by atoms with Crippen LogP contribution in [0.2, 0.25) is 5.02 Å². The molecule has 0 bridgehead atoms. The Morgan fingerprint density at radius 1 is 1.36 bits per heavy atom. The van der Waals surface area contributed by atoms with Crippen LogP contribution in [0.4, 0.5) is 5.69 Å². The smallest absolute Gasteiger partial charge is 0.253 e. The molecule has 0 spiro atoms. The standard InChI is InChI=1S/C16H24ClN3O2/c1-5-16(3,4)20-15(22)12-7-6-11(8-13(12)17)19-14(21)10(2)9-18/h6-8,10H,5,9,18H2,1-4H3,(H,19,21)(H,20,22). The molecule has 0 saturated carbocycles. The van der Waals surface area contributed by atoms with Gasteiger partial charge < -0.3 is 16.4 Å². The predicted octanol–water partition coefficient (Wildman–Crippen LogP) is 2.79. The Labute approximate surface area is 136 Å². The van der Waals surface area contributed by atoms with Crippen LogP contribution in [0, 0.1) is 5.92 Å². The normalized spacial score (nSPS) is 12.6. The van der Waals surface area contributed by atoms with E-state index in [1.807, 2.05) is 20.8 Å². The summed E-state index contributed by atoms with van der Waals surface area (Å²) in [5, 5.41) is 5.94. The van der Waals surface area contributed by atoms with E-state index in [2.05, 4.69) is 10.6 Å². The molecule has 2 amide bonds. The van der Waals surface area contributed by atoms with E-state index in [0.29, 0.717) is 16.3 Å². The number of hydrogen-bond donors (Lipinski definition) is 3. The van der Waals surface area contributed by atoms with E-state index in [-0.39, 0.29) is 29.8 Å². The Morgan fingerprint density at radius 3 is 2.50 bits per heavy atom. The highest BCUT2D eigenvalue weighted by Crippen LogP contribution is 2.22. The molecule has 6 heteroatoms. The van der Waals surface area contributed by atoms with Crippen LogP contribution in [0.3, 0.4) is 0 Å². The summed E-state index contributed by atoms with van der Waals surface area (Å²) in [5.74, 6) is -0.694. The molecule has 0 aromatic heterocycles. The largest absolute Gasteiger partial charge is 0.347 e. The molecule has 1 aromatic carbocycles. The molecule has 0 aliphatic heterocycles. The zero-order chi connectivity index (χ0) is 16.9. The Balaban J connectivity index is 2.86. The first kappa shape index (κ1) is 18.5. The number of amides is 2. The number of anilines is 1. The maximum absolute atomic E-state index is 12.2. The van der Waals surface area contributed by atoms with E-state index >= 15 is 0 Å². The highest BCUT2D eigenvalue weighted by molar-refractivity contribution is 6.34. The number of halogens is 1. The molecule has 4 N–H and O–H groups in total. The van der Waals surface area contributed by atoms with Crippen molar-refractivity contribution in [1.82, 2.24) is 5.32 Å². The number of nitrogens with two attached hydrogens (primary N) is 1. The molecule has 5 nitrogen and oxygen atoms in total. The SMILES string of the molecule is CCC(C)(C)NC(=O)c1ccc(NC(=O)C(C)CN)cc1Cl. The lowest BCUT2D eigenvalue weighted by Gasteiger charge is -2.24. The van der Waals surface area contributed by atoms with Crippen LogP contribution in [0.25, 0.3) is 0 Å². The number of nitrogens with one attached hydrogen (secondary N) is 2. The first-order chi connectivity index (χ1) is 10.2. The van der Waals surface area contributed by atoms with Crippen LogP contribution in [0.1, 0.15) is 44.5 Å². The highest BCUT2D eigenvalue weighted by atomic mass is 35.5. The second kappa shape index (κ2) is 7.61. The molecule has 1 atom stereocenters. The van der Waals surface area contributed by atoms with Crippen LogP contribution >= 0.6 is 11.6 Å². The number of benzene rings is 1. The van der Waals surface area contributed by atoms with E-state index < -0.39 is 0 Å². The van der Waals surface area contributed by atoms with E-state index in [4.69, 9.17) is 17.3 Å². The van der Waals surface area contributed by atoms with Gasteiger partial charge in [0.25, 0.3) is 5.91 Å². The third kappa shape index (κ3) is 5.00. The Hall–Kier alpha value is -1.59. The molecule has 0 aliphatic carbocycles. The summed E-state index contributed by atoms with van der Waals surface area (Å²) >= 11 is 6.16. The van der Waals surface area contributed by atoms with Gasteiger partial charge >= 0.3 is 0 Å². The van der Waals surface area contributed by atoms with Crippen molar-refractivity contribution in [2.24, 2.45) is 11.7 Å². The molecule has 0 radical (unpaired) electrons. The summed E-state index contributed by atoms with van der Waals surface area (Å²) in [6.45, 7) is 7.90. The molecular weight excluding hydrogens is 302 g/mol. The van der Waals surface area contributed by atoms with Gasteiger partial charge in [-0.1, -0.05) is 25.4 Å². The van der Waals surface area contributed by atoms with Crippen molar-refractivity contribution in [1.29, 1.82) is 0 Å². The van der Waals surface area contributed by atoms with Gasteiger partial charge in [0.05, 0.1) is 10.6 Å². The fourth-order valence-corrected chi connectivity index (χ4v) is 1.88. The van der Waals surface area contributed by atoms with Crippen LogP contribution in [-0.4, -0.2) is 23.9 Å². The van der Waals surface area contributed by atoms with Crippen molar-refractivity contribution < 1.29 is 9.59 Å². The molecule has 0 heterocycles. The van der Waals surface area contributed by atoms with E-state index in [1.54, 1.807) is 25.1 Å². The highest BCUT2D eigenvalue weighted by Gasteiger charge is 2.20. The maximum atomic E-state index is 12.2. The molecule has 1 aromatic rings. The summed E-state index contributed by atoms with van der Waals surface area (Å²) in [7, 11) is 0. The molecule has 1 rings (SSSR count). The molecule has 22 heavy (non-hydrogen) atoms. The number of carbonyl (C=O) groups excluding carboxylic acids is 2. The van der Waals surface area contributed by atoms with Crippen LogP contribution in [0.15, 0.2) is 18.2 Å². The Morgan fingerprint density at radius 2 is 2.00 bits per heavy atom. The summed E-state index contributed by atoms with van der Waals surface area (Å²) in [4.78, 5) is 24.0. The number of hydrogen-bond acceptors (Lipinski definition) is 3. The summed E-state index contributed by atoms with van der Waals surface area (Å²) in [6.07, 6.45) is 0.807. The topological polar surface area (TPSA) is 84.2 Å². The fourth-order valence-electron chi connectivity index (χ4n) is 1.61. The first-order valence-electron chi connectivity index (χ1n) is 7.33. The Bertz CT molecular complexity index is 558. The van der Waals surface area contributed by atoms with Crippen LogP contribution in [0.5, 0.6) is 0 Å². The average Bonchev–Trinajstić information content (AvgIpc) is 2.45. The molecule has 0 saturated heterocycles. The van der Waals surface area contributed by atoms with Gasteiger partial charge in [-0.05, 0) is 38.5 Å². The van der Waals surface area contributed by atoms with Crippen molar-refractivity contribution in [2.45, 2.75) is 39.7 Å². The summed E-state index contributed by atoms with van der Waals surface area (Å²) in [5.41, 5.74) is 6.08. The molecule has 0 aliphatic rings. The third-order valence-electron chi connectivity index (χ3n) is 3.62. The molecule has 1 unspecified atom stereocenters. The Kier molecular flexibility index (Phi) is 6.38. The average molecular weight is 326 g/mol. The summed E-state index contributed by atoms with van der Waals surface area (Å²) in [6, 6.07) is 4.82. The maximum Gasteiger partial charge on any atom is 0.253 e. The van der Waals surface area contributed by atoms with Gasteiger partial charge in [-0.2, -0.15) is 0 Å². The minimum Gasteiger partial charge on any atom is -0.347 e. The minimum absolute atomic E-state index is 0.178. The third-order valence-corrected chi connectivity index (χ3v) is 3.93. The zero-order valence-corrected chi connectivity index (χ0v) is 14.3. The van der Waals surface area contributed by atoms with Gasteiger partial charge in [-0.15, -0.1) is 0 Å². The van der Waals surface area contributed by atoms with Gasteiger partial charge in [0.2, 0.25) is 5.91 Å². The summed E-state index contributed by atoms with van der Waals surface area (Å²) < 4.78 is 0. The van der Waals surface area contributed by atoms with Crippen LogP contribution in [-0.2, 0) is 4.79 Å². The van der Waals surface area contributed by atoms with Crippen molar-refractivity contribution >= 4 is 29.1 Å². The number of rotatable bonds is 6. The second-order valence-electron chi connectivity index (χ2n) is 6.01. The quantitative estimate of drug-likeness (QED) is 0.752. The fraction of sp³-hybridized carbons (Fsp3) is 0.500. The lowest BCUT2D eigenvalue weighted by atomic mass is 10.0. The lowest BCUT2D eigenvalue weighted by molar-refractivity contribution is -0.119. The second-order valence-corrected chi connectivity index (χ2v) is 6.42. The first-order valence-corrected chi connectivity index (χ1v) is 7.71.